The average molecular weight is 253 g/mol. The topological polar surface area (TPSA) is 35.6 Å². The fourth-order valence-electron chi connectivity index (χ4n) is 3.06. The van der Waals surface area contributed by atoms with Crippen LogP contribution < -0.4 is 5.32 Å². The minimum Gasteiger partial charge on any atom is -0.325 e. The lowest BCUT2D eigenvalue weighted by molar-refractivity contribution is -0.132. The van der Waals surface area contributed by atoms with Crippen LogP contribution in [0.1, 0.15) is 46.0 Å². The van der Waals surface area contributed by atoms with E-state index < -0.39 is 0 Å². The van der Waals surface area contributed by atoms with Gasteiger partial charge in [-0.3, -0.25) is 10.1 Å². The Bertz CT molecular complexity index is 295. The van der Waals surface area contributed by atoms with Crippen LogP contribution in [0.5, 0.6) is 0 Å². The van der Waals surface area contributed by atoms with Gasteiger partial charge < -0.3 is 9.80 Å². The molecule has 3 unspecified atom stereocenters. The molecule has 2 saturated heterocycles. The van der Waals surface area contributed by atoms with E-state index in [9.17, 15) is 4.79 Å². The molecule has 4 heteroatoms. The van der Waals surface area contributed by atoms with Crippen LogP contribution in [0.4, 0.5) is 0 Å². The Labute approximate surface area is 111 Å². The molecule has 0 spiro atoms. The zero-order chi connectivity index (χ0) is 13.1. The molecular weight excluding hydrogens is 226 g/mol. The van der Waals surface area contributed by atoms with E-state index in [1.54, 1.807) is 0 Å². The molecule has 0 aromatic carbocycles. The number of unbranched alkanes of at least 4 members (excludes halogenated alkanes) is 1. The number of hydrogen-bond acceptors (Lipinski definition) is 3. The second-order valence-corrected chi connectivity index (χ2v) is 5.87. The molecule has 0 saturated carbocycles. The number of nitrogens with one attached hydrogen (secondary N) is 1. The van der Waals surface area contributed by atoms with E-state index in [1.165, 1.54) is 0 Å². The summed E-state index contributed by atoms with van der Waals surface area (Å²) in [5, 5.41) is 3.38. The van der Waals surface area contributed by atoms with Gasteiger partial charge >= 0.3 is 0 Å². The Morgan fingerprint density at radius 3 is 2.89 bits per heavy atom. The number of amides is 1. The van der Waals surface area contributed by atoms with Gasteiger partial charge in [0.15, 0.2) is 0 Å². The Balaban J connectivity index is 1.89. The molecule has 2 aliphatic rings. The quantitative estimate of drug-likeness (QED) is 0.823. The van der Waals surface area contributed by atoms with Gasteiger partial charge in [-0.15, -0.1) is 0 Å². The summed E-state index contributed by atoms with van der Waals surface area (Å²) in [6.45, 7) is 6.30. The Morgan fingerprint density at radius 1 is 1.44 bits per heavy atom. The highest BCUT2D eigenvalue weighted by molar-refractivity contribution is 5.84. The lowest BCUT2D eigenvalue weighted by Gasteiger charge is -2.39. The minimum atomic E-state index is 0.0833. The smallest absolute Gasteiger partial charge is 0.241 e. The molecule has 2 aliphatic heterocycles. The highest BCUT2D eigenvalue weighted by Crippen LogP contribution is 2.23. The van der Waals surface area contributed by atoms with Gasteiger partial charge in [0, 0.05) is 18.6 Å². The van der Waals surface area contributed by atoms with Crippen molar-refractivity contribution in [3.63, 3.8) is 0 Å². The number of carbonyl (C=O) groups excluding carboxylic acids is 1. The van der Waals surface area contributed by atoms with Gasteiger partial charge in [-0.25, -0.2) is 0 Å². The van der Waals surface area contributed by atoms with Crippen molar-refractivity contribution in [1.82, 2.24) is 15.1 Å². The second kappa shape index (κ2) is 6.02. The molecule has 2 heterocycles. The summed E-state index contributed by atoms with van der Waals surface area (Å²) in [4.78, 5) is 16.8. The highest BCUT2D eigenvalue weighted by atomic mass is 16.2. The molecule has 1 N–H and O–H groups in total. The van der Waals surface area contributed by atoms with Crippen LogP contribution in [0, 0.1) is 0 Å². The summed E-state index contributed by atoms with van der Waals surface area (Å²) in [5.74, 6) is 0.338. The van der Waals surface area contributed by atoms with Crippen molar-refractivity contribution >= 4 is 5.91 Å². The van der Waals surface area contributed by atoms with Crippen molar-refractivity contribution in [1.29, 1.82) is 0 Å². The normalized spacial score (nSPS) is 34.3. The molecule has 0 aliphatic carbocycles. The number of piperidine rings is 1. The Morgan fingerprint density at radius 2 is 2.22 bits per heavy atom. The number of carbonyl (C=O) groups is 1. The van der Waals surface area contributed by atoms with Crippen LogP contribution in [-0.4, -0.2) is 54.1 Å². The van der Waals surface area contributed by atoms with E-state index in [2.05, 4.69) is 36.0 Å². The van der Waals surface area contributed by atoms with Crippen LogP contribution in [0.2, 0.25) is 0 Å². The van der Waals surface area contributed by atoms with E-state index >= 15 is 0 Å². The molecule has 3 atom stereocenters. The van der Waals surface area contributed by atoms with Crippen LogP contribution in [-0.2, 0) is 4.79 Å². The standard InChI is InChI=1S/C14H27N3O/c1-4-5-6-13-14(18)17(10-15-13)12-7-8-16(3)11(2)9-12/h11-13,15H,4-10H2,1-3H3. The summed E-state index contributed by atoms with van der Waals surface area (Å²) in [6.07, 6.45) is 5.53. The third kappa shape index (κ3) is 2.86. The third-order valence-corrected chi connectivity index (χ3v) is 4.56. The number of nitrogens with zero attached hydrogens (tertiary/aromatic N) is 2. The maximum Gasteiger partial charge on any atom is 0.241 e. The predicted octanol–water partition coefficient (Wildman–Crippen LogP) is 1.42. The van der Waals surface area contributed by atoms with Crippen LogP contribution in [0.15, 0.2) is 0 Å². The molecule has 0 aromatic rings. The van der Waals surface area contributed by atoms with E-state index in [-0.39, 0.29) is 6.04 Å². The maximum atomic E-state index is 12.3. The summed E-state index contributed by atoms with van der Waals surface area (Å²) < 4.78 is 0. The maximum absolute atomic E-state index is 12.3. The van der Waals surface area contributed by atoms with Crippen LogP contribution in [0.25, 0.3) is 0 Å². The van der Waals surface area contributed by atoms with E-state index in [0.717, 1.165) is 45.3 Å². The monoisotopic (exact) mass is 253 g/mol. The van der Waals surface area contributed by atoms with Crippen LogP contribution in [0.3, 0.4) is 0 Å². The summed E-state index contributed by atoms with van der Waals surface area (Å²) in [5.41, 5.74) is 0. The first-order valence-electron chi connectivity index (χ1n) is 7.37. The van der Waals surface area contributed by atoms with Gasteiger partial charge in [0.25, 0.3) is 0 Å². The molecule has 0 bridgehead atoms. The van der Waals surface area contributed by atoms with E-state index in [0.29, 0.717) is 18.0 Å². The molecule has 4 nitrogen and oxygen atoms in total. The van der Waals surface area contributed by atoms with Gasteiger partial charge in [0.05, 0.1) is 12.7 Å². The molecule has 0 radical (unpaired) electrons. The van der Waals surface area contributed by atoms with Gasteiger partial charge in [0.1, 0.15) is 0 Å². The third-order valence-electron chi connectivity index (χ3n) is 4.56. The molecule has 2 rings (SSSR count). The van der Waals surface area contributed by atoms with Gasteiger partial charge in [-0.05, 0) is 33.2 Å². The molecule has 18 heavy (non-hydrogen) atoms. The predicted molar refractivity (Wildman–Crippen MR) is 73.3 cm³/mol. The fraction of sp³-hybridized carbons (Fsp3) is 0.929. The molecule has 0 aromatic heterocycles. The molecule has 2 fully saturated rings. The van der Waals surface area contributed by atoms with Gasteiger partial charge in [0.2, 0.25) is 5.91 Å². The minimum absolute atomic E-state index is 0.0833. The summed E-state index contributed by atoms with van der Waals surface area (Å²) in [6, 6.07) is 1.12. The van der Waals surface area contributed by atoms with Gasteiger partial charge in [-0.1, -0.05) is 19.8 Å². The Hall–Kier alpha value is -0.610. The zero-order valence-electron chi connectivity index (χ0n) is 12.0. The highest BCUT2D eigenvalue weighted by Gasteiger charge is 2.37. The number of rotatable bonds is 4. The first kappa shape index (κ1) is 13.8. The van der Waals surface area contributed by atoms with Crippen LogP contribution >= 0.6 is 0 Å². The SMILES string of the molecule is CCCCC1NCN(C2CCN(C)C(C)C2)C1=O. The number of hydrogen-bond donors (Lipinski definition) is 1. The van der Waals surface area contributed by atoms with E-state index in [1.807, 2.05) is 0 Å². The number of likely N-dealkylation sites (tertiary alicyclic amines) is 1. The average Bonchev–Trinajstić information content (AvgIpc) is 2.72. The fourth-order valence-corrected chi connectivity index (χ4v) is 3.06. The van der Waals surface area contributed by atoms with Gasteiger partial charge in [-0.2, -0.15) is 0 Å². The van der Waals surface area contributed by atoms with Crippen molar-refractivity contribution < 1.29 is 4.79 Å². The second-order valence-electron chi connectivity index (χ2n) is 5.87. The lowest BCUT2D eigenvalue weighted by atomic mass is 9.97. The van der Waals surface area contributed by atoms with Crippen molar-refractivity contribution in [3.8, 4) is 0 Å². The van der Waals surface area contributed by atoms with Crippen molar-refractivity contribution in [2.45, 2.75) is 64.1 Å². The van der Waals surface area contributed by atoms with E-state index in [4.69, 9.17) is 0 Å². The zero-order valence-corrected chi connectivity index (χ0v) is 12.0. The summed E-state index contributed by atoms with van der Waals surface area (Å²) >= 11 is 0. The van der Waals surface area contributed by atoms with Crippen molar-refractivity contribution in [2.24, 2.45) is 0 Å². The molecule has 104 valence electrons. The molecular formula is C14H27N3O. The summed E-state index contributed by atoms with van der Waals surface area (Å²) in [7, 11) is 2.18. The van der Waals surface area contributed by atoms with Crippen molar-refractivity contribution in [2.75, 3.05) is 20.3 Å². The first-order chi connectivity index (χ1) is 8.63. The largest absolute Gasteiger partial charge is 0.325 e. The Kier molecular flexibility index (Phi) is 4.62. The van der Waals surface area contributed by atoms with Crippen molar-refractivity contribution in [3.05, 3.63) is 0 Å². The lowest BCUT2D eigenvalue weighted by Crippen LogP contribution is -2.48. The molecule has 1 amide bonds. The first-order valence-corrected chi connectivity index (χ1v) is 7.37.